The van der Waals surface area contributed by atoms with Gasteiger partial charge in [0.2, 0.25) is 10.0 Å². The van der Waals surface area contributed by atoms with Crippen molar-refractivity contribution < 1.29 is 17.6 Å². The van der Waals surface area contributed by atoms with Crippen LogP contribution in [0.25, 0.3) is 10.2 Å². The molecule has 1 saturated heterocycles. The minimum Gasteiger partial charge on any atom is -0.316 e. The monoisotopic (exact) mass is 507 g/mol. The number of hydrogen-bond donors (Lipinski definition) is 0. The van der Waals surface area contributed by atoms with Crippen LogP contribution in [0.3, 0.4) is 0 Å². The number of nitrogens with zero attached hydrogens (tertiary/aromatic N) is 3. The molecule has 2 heterocycles. The molecule has 1 aliphatic heterocycles. The second-order valence-electron chi connectivity index (χ2n) is 8.11. The number of benzene rings is 2. The van der Waals surface area contributed by atoms with Gasteiger partial charge in [0.15, 0.2) is 4.80 Å². The Bertz CT molecular complexity index is 1360. The maximum atomic E-state index is 13.3. The molecule has 2 aromatic carbocycles. The zero-order valence-electron chi connectivity index (χ0n) is 18.7. The lowest BCUT2D eigenvalue weighted by Crippen LogP contribution is -2.40. The van der Waals surface area contributed by atoms with Crippen molar-refractivity contribution in [2.75, 3.05) is 18.6 Å². The summed E-state index contributed by atoms with van der Waals surface area (Å²) in [7, 11) is -3.92. The molecule has 1 aromatic heterocycles. The summed E-state index contributed by atoms with van der Waals surface area (Å²) in [4.78, 5) is 18.2. The highest BCUT2D eigenvalue weighted by Crippen LogP contribution is 2.27. The van der Waals surface area contributed by atoms with Gasteiger partial charge in [0.05, 0.1) is 15.1 Å². The fourth-order valence-corrected chi connectivity index (χ4v) is 7.15. The predicted octanol–water partition coefficient (Wildman–Crippen LogP) is 4.10. The average Bonchev–Trinajstić information content (AvgIpc) is 3.39. The van der Waals surface area contributed by atoms with Crippen molar-refractivity contribution in [2.45, 2.75) is 44.2 Å². The van der Waals surface area contributed by atoms with Crippen LogP contribution in [0.15, 0.2) is 46.3 Å². The molecule has 1 atom stereocenters. The quantitative estimate of drug-likeness (QED) is 0.504. The van der Waals surface area contributed by atoms with Crippen molar-refractivity contribution in [3.63, 3.8) is 0 Å². The van der Waals surface area contributed by atoms with Crippen LogP contribution in [-0.4, -0.2) is 47.8 Å². The van der Waals surface area contributed by atoms with Crippen molar-refractivity contribution in [1.82, 2.24) is 8.87 Å². The highest BCUT2D eigenvalue weighted by atomic mass is 32.2. The zero-order valence-corrected chi connectivity index (χ0v) is 21.2. The van der Waals surface area contributed by atoms with Gasteiger partial charge in [-0.3, -0.25) is 4.79 Å². The molecule has 176 valence electrons. The first kappa shape index (κ1) is 24.1. The SMILES string of the molecule is CSCCn1c(=NC(=O)C2CCCN2S(=O)(=O)c2ccc(F)cc2)sc2cc(C)c(C)cc21. The molecule has 6 nitrogen and oxygen atoms in total. The van der Waals surface area contributed by atoms with E-state index >= 15 is 0 Å². The standard InChI is InChI=1S/C23H26FN3O3S3/c1-15-13-20-21(14-16(15)2)32-23(26(20)11-12-31-3)25-22(28)19-5-4-10-27(19)33(29,30)18-8-6-17(24)7-9-18/h6-9,13-14,19H,4-5,10-12H2,1-3H3. The number of thiazole rings is 1. The fraction of sp³-hybridized carbons (Fsp3) is 0.391. The van der Waals surface area contributed by atoms with Crippen LogP contribution in [0, 0.1) is 19.7 Å². The number of aryl methyl sites for hydroxylation is 3. The first-order chi connectivity index (χ1) is 15.7. The molecular weight excluding hydrogens is 481 g/mol. The highest BCUT2D eigenvalue weighted by Gasteiger charge is 2.39. The summed E-state index contributed by atoms with van der Waals surface area (Å²) in [5.74, 6) is -0.103. The van der Waals surface area contributed by atoms with Crippen LogP contribution in [-0.2, 0) is 21.4 Å². The normalized spacial score (nSPS) is 17.8. The van der Waals surface area contributed by atoms with Gasteiger partial charge in [-0.2, -0.15) is 21.1 Å². The number of thioether (sulfide) groups is 1. The Morgan fingerprint density at radius 3 is 2.61 bits per heavy atom. The summed E-state index contributed by atoms with van der Waals surface area (Å²) >= 11 is 3.16. The summed E-state index contributed by atoms with van der Waals surface area (Å²) < 4.78 is 43.9. The third-order valence-corrected chi connectivity index (χ3v) is 9.49. The number of halogens is 1. The third kappa shape index (κ3) is 4.80. The third-order valence-electron chi connectivity index (χ3n) is 5.93. The minimum absolute atomic E-state index is 0.0218. The molecule has 3 aromatic rings. The van der Waals surface area contributed by atoms with E-state index in [0.717, 1.165) is 28.1 Å². The van der Waals surface area contributed by atoms with E-state index in [1.54, 1.807) is 11.8 Å². The van der Waals surface area contributed by atoms with Crippen molar-refractivity contribution in [2.24, 2.45) is 4.99 Å². The maximum Gasteiger partial charge on any atom is 0.266 e. The van der Waals surface area contributed by atoms with Gasteiger partial charge in [0.1, 0.15) is 11.9 Å². The molecule has 1 aliphatic rings. The second kappa shape index (κ2) is 9.69. The number of hydrogen-bond acceptors (Lipinski definition) is 5. The van der Waals surface area contributed by atoms with E-state index in [9.17, 15) is 17.6 Å². The molecule has 0 saturated carbocycles. The summed E-state index contributed by atoms with van der Waals surface area (Å²) in [6.45, 7) is 5.06. The number of amides is 1. The summed E-state index contributed by atoms with van der Waals surface area (Å²) in [6.07, 6.45) is 3.02. The Morgan fingerprint density at radius 2 is 1.91 bits per heavy atom. The highest BCUT2D eigenvalue weighted by molar-refractivity contribution is 7.98. The van der Waals surface area contributed by atoms with Crippen LogP contribution in [0.1, 0.15) is 24.0 Å². The number of rotatable bonds is 6. The molecule has 10 heteroatoms. The van der Waals surface area contributed by atoms with Crippen molar-refractivity contribution in [3.05, 3.63) is 58.1 Å². The van der Waals surface area contributed by atoms with E-state index in [4.69, 9.17) is 0 Å². The maximum absolute atomic E-state index is 13.3. The number of aromatic nitrogens is 1. The molecule has 0 bridgehead atoms. The Balaban J connectivity index is 1.73. The van der Waals surface area contributed by atoms with Gasteiger partial charge in [0, 0.05) is 18.8 Å². The Labute approximate surface area is 201 Å². The number of fused-ring (bicyclic) bond motifs is 1. The molecule has 4 rings (SSSR count). The smallest absolute Gasteiger partial charge is 0.266 e. The largest absolute Gasteiger partial charge is 0.316 e. The van der Waals surface area contributed by atoms with E-state index in [1.165, 1.54) is 38.9 Å². The van der Waals surface area contributed by atoms with Gasteiger partial charge < -0.3 is 4.57 Å². The van der Waals surface area contributed by atoms with Crippen LogP contribution in [0.2, 0.25) is 0 Å². The van der Waals surface area contributed by atoms with Crippen molar-refractivity contribution >= 4 is 49.2 Å². The van der Waals surface area contributed by atoms with Crippen LogP contribution in [0.5, 0.6) is 0 Å². The topological polar surface area (TPSA) is 71.7 Å². The molecule has 1 unspecified atom stereocenters. The lowest BCUT2D eigenvalue weighted by molar-refractivity contribution is -0.121. The second-order valence-corrected chi connectivity index (χ2v) is 12.0. The lowest BCUT2D eigenvalue weighted by Gasteiger charge is -2.21. The van der Waals surface area contributed by atoms with Gasteiger partial charge in [-0.1, -0.05) is 11.3 Å². The van der Waals surface area contributed by atoms with Crippen LogP contribution >= 0.6 is 23.1 Å². The van der Waals surface area contributed by atoms with Crippen LogP contribution < -0.4 is 4.80 Å². The summed E-state index contributed by atoms with van der Waals surface area (Å²) in [5, 5.41) is 0. The van der Waals surface area contributed by atoms with Gasteiger partial charge >= 0.3 is 0 Å². The molecule has 1 fully saturated rings. The first-order valence-corrected chi connectivity index (χ1v) is 14.3. The van der Waals surface area contributed by atoms with Crippen molar-refractivity contribution in [1.29, 1.82) is 0 Å². The van der Waals surface area contributed by atoms with Gasteiger partial charge in [-0.15, -0.1) is 0 Å². The molecule has 0 radical (unpaired) electrons. The molecular formula is C23H26FN3O3S3. The Morgan fingerprint density at radius 1 is 1.21 bits per heavy atom. The van der Waals surface area contributed by atoms with Crippen LogP contribution in [0.4, 0.5) is 4.39 Å². The van der Waals surface area contributed by atoms with E-state index in [1.807, 2.05) is 6.26 Å². The van der Waals surface area contributed by atoms with E-state index < -0.39 is 27.8 Å². The van der Waals surface area contributed by atoms with Gasteiger partial charge in [-0.05, 0) is 80.5 Å². The van der Waals surface area contributed by atoms with Gasteiger partial charge in [-0.25, -0.2) is 12.8 Å². The zero-order chi connectivity index (χ0) is 23.8. The van der Waals surface area contributed by atoms with E-state index in [2.05, 4.69) is 35.5 Å². The van der Waals surface area contributed by atoms with E-state index in [-0.39, 0.29) is 11.4 Å². The molecule has 33 heavy (non-hydrogen) atoms. The molecule has 1 amide bonds. The Hall–Kier alpha value is -2.01. The minimum atomic E-state index is -3.92. The van der Waals surface area contributed by atoms with E-state index in [0.29, 0.717) is 24.2 Å². The number of sulfonamides is 1. The molecule has 0 spiro atoms. The number of carbonyl (C=O) groups is 1. The summed E-state index contributed by atoms with van der Waals surface area (Å²) in [6, 6.07) is 8.05. The first-order valence-electron chi connectivity index (χ1n) is 10.7. The fourth-order valence-electron chi connectivity index (χ4n) is 3.99. The lowest BCUT2D eigenvalue weighted by atomic mass is 10.1. The average molecular weight is 508 g/mol. The molecule has 0 N–H and O–H groups in total. The van der Waals surface area contributed by atoms with Gasteiger partial charge in [0.25, 0.3) is 5.91 Å². The number of carbonyl (C=O) groups excluding carboxylic acids is 1. The Kier molecular flexibility index (Phi) is 7.09. The summed E-state index contributed by atoms with van der Waals surface area (Å²) in [5.41, 5.74) is 3.38. The molecule has 0 aliphatic carbocycles. The van der Waals surface area contributed by atoms with Crippen molar-refractivity contribution in [3.8, 4) is 0 Å². The predicted molar refractivity (Wildman–Crippen MR) is 132 cm³/mol.